The molecule has 0 saturated heterocycles. The zero-order chi connectivity index (χ0) is 14.3. The number of benzene rings is 1. The molecule has 2 heterocycles. The Bertz CT molecular complexity index is 796. The van der Waals surface area contributed by atoms with Crippen LogP contribution in [-0.2, 0) is 0 Å². The minimum absolute atomic E-state index is 0.0665. The molecule has 1 aromatic carbocycles. The number of carbonyl (C=O) groups is 1. The van der Waals surface area contributed by atoms with Crippen molar-refractivity contribution < 1.29 is 15.0 Å². The van der Waals surface area contributed by atoms with Crippen molar-refractivity contribution in [1.82, 2.24) is 9.97 Å². The zero-order valence-corrected chi connectivity index (χ0v) is 11.6. The van der Waals surface area contributed by atoms with Crippen LogP contribution in [0.1, 0.15) is 27.3 Å². The first-order valence-corrected chi connectivity index (χ1v) is 6.95. The summed E-state index contributed by atoms with van der Waals surface area (Å²) in [7, 11) is 0. The maximum Gasteiger partial charge on any atom is 0.355 e. The van der Waals surface area contributed by atoms with E-state index < -0.39 is 12.1 Å². The number of aromatic amines is 1. The largest absolute Gasteiger partial charge is 0.476 e. The number of carboxylic acid groups (broad SMARTS) is 1. The van der Waals surface area contributed by atoms with E-state index in [-0.39, 0.29) is 5.69 Å². The summed E-state index contributed by atoms with van der Waals surface area (Å²) in [5, 5.41) is 22.3. The molecule has 3 rings (SSSR count). The van der Waals surface area contributed by atoms with Crippen LogP contribution in [0, 0.1) is 0 Å². The van der Waals surface area contributed by atoms with E-state index in [1.807, 2.05) is 6.07 Å². The van der Waals surface area contributed by atoms with Crippen molar-refractivity contribution in [3.8, 4) is 0 Å². The summed E-state index contributed by atoms with van der Waals surface area (Å²) in [5.74, 6) is -1.11. The Morgan fingerprint density at radius 2 is 2.20 bits per heavy atom. The third kappa shape index (κ3) is 2.29. The van der Waals surface area contributed by atoms with Gasteiger partial charge in [-0.15, -0.1) is 11.3 Å². The van der Waals surface area contributed by atoms with Crippen molar-refractivity contribution in [1.29, 1.82) is 0 Å². The van der Waals surface area contributed by atoms with Gasteiger partial charge in [0.2, 0.25) is 0 Å². The molecular formula is C13H9ClN2O3S. The average Bonchev–Trinajstić information content (AvgIpc) is 3.03. The van der Waals surface area contributed by atoms with E-state index >= 15 is 0 Å². The molecule has 0 aliphatic rings. The second kappa shape index (κ2) is 4.90. The topological polar surface area (TPSA) is 86.2 Å². The van der Waals surface area contributed by atoms with E-state index in [1.165, 1.54) is 5.38 Å². The summed E-state index contributed by atoms with van der Waals surface area (Å²) < 4.78 is 0. The number of carboxylic acids is 1. The number of aromatic nitrogens is 2. The van der Waals surface area contributed by atoms with Gasteiger partial charge in [-0.3, -0.25) is 0 Å². The van der Waals surface area contributed by atoms with Crippen LogP contribution in [0.3, 0.4) is 0 Å². The number of aliphatic hydroxyl groups is 1. The normalized spacial score (nSPS) is 12.7. The third-order valence-corrected chi connectivity index (χ3v) is 4.01. The molecule has 0 aliphatic carbocycles. The highest BCUT2D eigenvalue weighted by atomic mass is 35.5. The van der Waals surface area contributed by atoms with Crippen molar-refractivity contribution in [3.63, 3.8) is 0 Å². The van der Waals surface area contributed by atoms with E-state index in [4.69, 9.17) is 16.7 Å². The summed E-state index contributed by atoms with van der Waals surface area (Å²) >= 11 is 7.02. The molecular weight excluding hydrogens is 300 g/mol. The van der Waals surface area contributed by atoms with Crippen molar-refractivity contribution in [3.05, 3.63) is 51.1 Å². The summed E-state index contributed by atoms with van der Waals surface area (Å²) in [5.41, 5.74) is 1.33. The van der Waals surface area contributed by atoms with E-state index in [2.05, 4.69) is 9.97 Å². The second-order valence-corrected chi connectivity index (χ2v) is 5.56. The average molecular weight is 309 g/mol. The number of fused-ring (bicyclic) bond motifs is 1. The monoisotopic (exact) mass is 308 g/mol. The van der Waals surface area contributed by atoms with Gasteiger partial charge in [0.05, 0.1) is 5.69 Å². The molecule has 3 N–H and O–H groups in total. The van der Waals surface area contributed by atoms with E-state index in [1.54, 1.807) is 18.2 Å². The highest BCUT2D eigenvalue weighted by molar-refractivity contribution is 7.09. The van der Waals surface area contributed by atoms with Crippen molar-refractivity contribution >= 4 is 39.8 Å². The fraction of sp³-hybridized carbons (Fsp3) is 0.0769. The molecule has 3 aromatic rings. The van der Waals surface area contributed by atoms with Gasteiger partial charge >= 0.3 is 5.97 Å². The van der Waals surface area contributed by atoms with Crippen molar-refractivity contribution in [2.75, 3.05) is 0 Å². The second-order valence-electron chi connectivity index (χ2n) is 4.23. The number of aromatic carboxylic acids is 1. The summed E-state index contributed by atoms with van der Waals surface area (Å²) in [6, 6.07) is 7.13. The highest BCUT2D eigenvalue weighted by Crippen LogP contribution is 2.28. The number of hydrogen-bond donors (Lipinski definition) is 3. The van der Waals surface area contributed by atoms with Crippen LogP contribution >= 0.6 is 22.9 Å². The van der Waals surface area contributed by atoms with Gasteiger partial charge < -0.3 is 15.2 Å². The molecule has 0 amide bonds. The van der Waals surface area contributed by atoms with Gasteiger partial charge in [-0.2, -0.15) is 0 Å². The van der Waals surface area contributed by atoms with Gasteiger partial charge in [0.25, 0.3) is 0 Å². The molecule has 20 heavy (non-hydrogen) atoms. The van der Waals surface area contributed by atoms with Crippen LogP contribution in [0.2, 0.25) is 5.02 Å². The van der Waals surface area contributed by atoms with Gasteiger partial charge in [-0.25, -0.2) is 9.78 Å². The fourth-order valence-electron chi connectivity index (χ4n) is 1.92. The quantitative estimate of drug-likeness (QED) is 0.694. The minimum Gasteiger partial charge on any atom is -0.476 e. The van der Waals surface area contributed by atoms with E-state index in [0.29, 0.717) is 15.7 Å². The Labute approximate surface area is 122 Å². The van der Waals surface area contributed by atoms with Crippen LogP contribution < -0.4 is 0 Å². The number of aliphatic hydroxyl groups excluding tert-OH is 1. The SMILES string of the molecule is O=C(O)c1csc(C(O)c2cc3cc(Cl)ccc3[nH]2)n1. The smallest absolute Gasteiger partial charge is 0.355 e. The van der Waals surface area contributed by atoms with Crippen LogP contribution in [0.15, 0.2) is 29.6 Å². The Kier molecular flexibility index (Phi) is 3.21. The number of rotatable bonds is 3. The first-order chi connectivity index (χ1) is 9.54. The highest BCUT2D eigenvalue weighted by Gasteiger charge is 2.19. The van der Waals surface area contributed by atoms with Gasteiger partial charge in [0, 0.05) is 21.3 Å². The zero-order valence-electron chi connectivity index (χ0n) is 10.0. The number of hydrogen-bond acceptors (Lipinski definition) is 4. The molecule has 5 nitrogen and oxygen atoms in total. The summed E-state index contributed by atoms with van der Waals surface area (Å²) in [4.78, 5) is 17.8. The number of halogens is 1. The van der Waals surface area contributed by atoms with Crippen molar-refractivity contribution in [2.24, 2.45) is 0 Å². The maximum atomic E-state index is 10.8. The first-order valence-electron chi connectivity index (χ1n) is 5.69. The van der Waals surface area contributed by atoms with Crippen LogP contribution in [-0.4, -0.2) is 26.2 Å². The number of nitrogens with zero attached hydrogens (tertiary/aromatic N) is 1. The molecule has 0 radical (unpaired) electrons. The summed E-state index contributed by atoms with van der Waals surface area (Å²) in [6.07, 6.45) is -0.987. The van der Waals surface area contributed by atoms with Crippen LogP contribution in [0.25, 0.3) is 10.9 Å². The molecule has 102 valence electrons. The Balaban J connectivity index is 1.98. The Morgan fingerprint density at radius 3 is 2.90 bits per heavy atom. The molecule has 0 fully saturated rings. The minimum atomic E-state index is -1.11. The first kappa shape index (κ1) is 13.1. The van der Waals surface area contributed by atoms with E-state index in [0.717, 1.165) is 22.2 Å². The van der Waals surface area contributed by atoms with E-state index in [9.17, 15) is 9.90 Å². The van der Waals surface area contributed by atoms with Gasteiger partial charge in [0.15, 0.2) is 5.69 Å². The molecule has 0 bridgehead atoms. The standard InChI is InChI=1S/C13H9ClN2O3S/c14-7-1-2-8-6(3-7)4-9(15-8)11(17)12-16-10(5-20-12)13(18)19/h1-5,11,15,17H,(H,18,19). The Morgan fingerprint density at radius 1 is 1.40 bits per heavy atom. The molecule has 0 spiro atoms. The molecule has 1 atom stereocenters. The van der Waals surface area contributed by atoms with Crippen LogP contribution in [0.4, 0.5) is 0 Å². The summed E-state index contributed by atoms with van der Waals surface area (Å²) in [6.45, 7) is 0. The maximum absolute atomic E-state index is 10.8. The molecule has 1 unspecified atom stereocenters. The van der Waals surface area contributed by atoms with Gasteiger partial charge in [0.1, 0.15) is 11.1 Å². The fourth-order valence-corrected chi connectivity index (χ4v) is 2.89. The number of nitrogens with one attached hydrogen (secondary N) is 1. The van der Waals surface area contributed by atoms with Gasteiger partial charge in [-0.05, 0) is 24.3 Å². The lowest BCUT2D eigenvalue weighted by atomic mass is 10.2. The lowest BCUT2D eigenvalue weighted by molar-refractivity contribution is 0.0690. The van der Waals surface area contributed by atoms with Crippen LogP contribution in [0.5, 0.6) is 0 Å². The number of H-pyrrole nitrogens is 1. The molecule has 0 saturated carbocycles. The molecule has 0 aliphatic heterocycles. The predicted octanol–water partition coefficient (Wildman–Crippen LogP) is 3.06. The lowest BCUT2D eigenvalue weighted by Gasteiger charge is -2.03. The molecule has 7 heteroatoms. The van der Waals surface area contributed by atoms with Crippen molar-refractivity contribution in [2.45, 2.75) is 6.10 Å². The Hall–Kier alpha value is -1.89. The molecule has 2 aromatic heterocycles. The predicted molar refractivity (Wildman–Crippen MR) is 76.4 cm³/mol. The van der Waals surface area contributed by atoms with Gasteiger partial charge in [-0.1, -0.05) is 11.6 Å². The third-order valence-electron chi connectivity index (χ3n) is 2.87. The lowest BCUT2D eigenvalue weighted by Crippen LogP contribution is -2.02. The number of thiazole rings is 1.